The van der Waals surface area contributed by atoms with Crippen molar-refractivity contribution in [3.05, 3.63) is 65.7 Å². The van der Waals surface area contributed by atoms with Crippen LogP contribution in [0.15, 0.2) is 54.6 Å². The summed E-state index contributed by atoms with van der Waals surface area (Å²) in [5.41, 5.74) is 10.6. The molecule has 0 aliphatic heterocycles. The molecule has 14 heavy (non-hydrogen) atoms. The van der Waals surface area contributed by atoms with Crippen LogP contribution in [0.1, 0.15) is 11.5 Å². The molecule has 2 rings (SSSR count). The van der Waals surface area contributed by atoms with Gasteiger partial charge in [0.1, 0.15) is 5.92 Å². The molecule has 68 valence electrons. The molecule has 0 aromatic heterocycles. The molecule has 0 saturated heterocycles. The van der Waals surface area contributed by atoms with Gasteiger partial charge in [0.15, 0.2) is 0 Å². The highest BCUT2D eigenvalue weighted by molar-refractivity contribution is 5.98. The molecule has 0 fully saturated rings. The molecule has 1 aliphatic rings. The molecule has 0 amide bonds. The lowest BCUT2D eigenvalue weighted by Crippen LogP contribution is -2.10. The van der Waals surface area contributed by atoms with E-state index < -0.39 is 0 Å². The first-order valence-corrected chi connectivity index (χ1v) is 4.53. The van der Waals surface area contributed by atoms with E-state index in [1.54, 1.807) is 0 Å². The molecule has 1 aliphatic carbocycles. The monoisotopic (exact) mass is 182 g/mol. The van der Waals surface area contributed by atoms with Crippen molar-refractivity contribution in [2.75, 3.05) is 0 Å². The first-order valence-electron chi connectivity index (χ1n) is 4.53. The van der Waals surface area contributed by atoms with E-state index in [9.17, 15) is 0 Å². The maximum atomic E-state index is 8.83. The lowest BCUT2D eigenvalue weighted by Gasteiger charge is -2.08. The molecule has 0 saturated carbocycles. The number of benzene rings is 1. The number of allylic oxidation sites excluding steroid dienone is 4. The molecule has 0 radical (unpaired) electrons. The second kappa shape index (κ2) is 3.86. The van der Waals surface area contributed by atoms with Crippen molar-refractivity contribution in [3.8, 4) is 0 Å². The van der Waals surface area contributed by atoms with Crippen molar-refractivity contribution < 1.29 is 4.79 Å². The molecular formula is C12H10N2. The summed E-state index contributed by atoms with van der Waals surface area (Å²) in [7, 11) is 0. The van der Waals surface area contributed by atoms with E-state index >= 15 is 0 Å². The fourth-order valence-corrected chi connectivity index (χ4v) is 1.57. The fraction of sp³-hybridized carbons (Fsp3) is 0.0833. The van der Waals surface area contributed by atoms with Gasteiger partial charge in [-0.05, 0) is 5.56 Å². The Kier molecular flexibility index (Phi) is 2.39. The Balaban J connectivity index is 2.40. The molecule has 0 spiro atoms. The topological polar surface area (TPSA) is 36.4 Å². The van der Waals surface area contributed by atoms with Crippen molar-refractivity contribution in [2.45, 2.75) is 5.92 Å². The van der Waals surface area contributed by atoms with Crippen molar-refractivity contribution in [1.82, 2.24) is 0 Å². The predicted molar refractivity (Wildman–Crippen MR) is 56.1 cm³/mol. The molecule has 1 atom stereocenters. The van der Waals surface area contributed by atoms with Gasteiger partial charge in [-0.3, -0.25) is 0 Å². The average Bonchev–Trinajstić information content (AvgIpc) is 2.30. The van der Waals surface area contributed by atoms with Gasteiger partial charge in [0.25, 0.3) is 0 Å². The Morgan fingerprint density at radius 3 is 2.57 bits per heavy atom. The minimum absolute atomic E-state index is 0.0752. The van der Waals surface area contributed by atoms with E-state index in [-0.39, 0.29) is 5.92 Å². The Bertz CT molecular complexity index is 423. The van der Waals surface area contributed by atoms with Crippen LogP contribution in [-0.2, 0) is 0 Å². The first-order chi connectivity index (χ1) is 6.92. The van der Waals surface area contributed by atoms with E-state index in [0.717, 1.165) is 5.56 Å². The number of nitrogens with zero attached hydrogens (tertiary/aromatic N) is 2. The third-order valence-electron chi connectivity index (χ3n) is 2.27. The quantitative estimate of drug-likeness (QED) is 0.473. The summed E-state index contributed by atoms with van der Waals surface area (Å²) in [5.74, 6) is 0.0752. The van der Waals surface area contributed by atoms with Gasteiger partial charge in [-0.25, -0.2) is 0 Å². The van der Waals surface area contributed by atoms with E-state index in [1.165, 1.54) is 0 Å². The van der Waals surface area contributed by atoms with E-state index in [1.807, 2.05) is 54.6 Å². The Morgan fingerprint density at radius 2 is 1.86 bits per heavy atom. The number of hydrogen-bond donors (Lipinski definition) is 0. The van der Waals surface area contributed by atoms with E-state index in [2.05, 4.69) is 4.79 Å². The second-order valence-electron chi connectivity index (χ2n) is 3.16. The molecule has 2 heteroatoms. The van der Waals surface area contributed by atoms with Crippen LogP contribution in [-0.4, -0.2) is 10.5 Å². The lowest BCUT2D eigenvalue weighted by molar-refractivity contribution is -0.00683. The lowest BCUT2D eigenvalue weighted by atomic mass is 9.91. The molecule has 0 N–H and O–H groups in total. The summed E-state index contributed by atoms with van der Waals surface area (Å²) in [6.07, 6.45) is 7.67. The smallest absolute Gasteiger partial charge is 0.303 e. The van der Waals surface area contributed by atoms with Crippen LogP contribution >= 0.6 is 0 Å². The SMILES string of the molecule is [N-]=[N+]=C1C=CC=CC1c1ccccc1. The summed E-state index contributed by atoms with van der Waals surface area (Å²) in [6, 6.07) is 9.99. The summed E-state index contributed by atoms with van der Waals surface area (Å²) in [4.78, 5) is 3.28. The van der Waals surface area contributed by atoms with Gasteiger partial charge in [0.05, 0.1) is 0 Å². The molecule has 1 aromatic rings. The molecular weight excluding hydrogens is 172 g/mol. The van der Waals surface area contributed by atoms with Gasteiger partial charge in [0.2, 0.25) is 0 Å². The number of rotatable bonds is 1. The van der Waals surface area contributed by atoms with Gasteiger partial charge >= 0.3 is 5.71 Å². The van der Waals surface area contributed by atoms with Gasteiger partial charge in [-0.2, -0.15) is 4.79 Å². The molecule has 1 unspecified atom stereocenters. The van der Waals surface area contributed by atoms with Gasteiger partial charge in [-0.15, -0.1) is 0 Å². The Labute approximate surface area is 82.8 Å². The minimum Gasteiger partial charge on any atom is -0.361 e. The maximum Gasteiger partial charge on any atom is 0.303 e. The second-order valence-corrected chi connectivity index (χ2v) is 3.16. The average molecular weight is 182 g/mol. The maximum absolute atomic E-state index is 8.83. The molecule has 0 bridgehead atoms. The van der Waals surface area contributed by atoms with Crippen molar-refractivity contribution in [2.24, 2.45) is 0 Å². The normalized spacial score (nSPS) is 19.4. The third kappa shape index (κ3) is 1.56. The zero-order valence-electron chi connectivity index (χ0n) is 7.67. The van der Waals surface area contributed by atoms with Crippen LogP contribution < -0.4 is 0 Å². The number of hydrogen-bond acceptors (Lipinski definition) is 0. The molecule has 2 nitrogen and oxygen atoms in total. The van der Waals surface area contributed by atoms with Crippen LogP contribution in [0.3, 0.4) is 0 Å². The molecule has 1 aromatic carbocycles. The zero-order chi connectivity index (χ0) is 9.80. The van der Waals surface area contributed by atoms with Crippen molar-refractivity contribution >= 4 is 5.71 Å². The van der Waals surface area contributed by atoms with Crippen LogP contribution in [0.4, 0.5) is 0 Å². The van der Waals surface area contributed by atoms with Gasteiger partial charge < -0.3 is 5.53 Å². The van der Waals surface area contributed by atoms with Crippen LogP contribution in [0.2, 0.25) is 0 Å². The highest BCUT2D eigenvalue weighted by atomic mass is 14.9. The van der Waals surface area contributed by atoms with Crippen LogP contribution in [0.5, 0.6) is 0 Å². The standard InChI is InChI=1S/C12H10N2/c13-14-12-9-5-4-8-11(12)10-6-2-1-3-7-10/h1-9,11H. The zero-order valence-corrected chi connectivity index (χ0v) is 7.67. The van der Waals surface area contributed by atoms with Crippen LogP contribution in [0, 0.1) is 0 Å². The Morgan fingerprint density at radius 1 is 1.07 bits per heavy atom. The highest BCUT2D eigenvalue weighted by Gasteiger charge is 2.21. The highest BCUT2D eigenvalue weighted by Crippen LogP contribution is 2.21. The fourth-order valence-electron chi connectivity index (χ4n) is 1.57. The van der Waals surface area contributed by atoms with E-state index in [0.29, 0.717) is 5.71 Å². The van der Waals surface area contributed by atoms with Crippen molar-refractivity contribution in [3.63, 3.8) is 0 Å². The summed E-state index contributed by atoms with van der Waals surface area (Å²) >= 11 is 0. The largest absolute Gasteiger partial charge is 0.361 e. The summed E-state index contributed by atoms with van der Waals surface area (Å²) < 4.78 is 0. The van der Waals surface area contributed by atoms with Gasteiger partial charge in [-0.1, -0.05) is 48.6 Å². The van der Waals surface area contributed by atoms with Gasteiger partial charge in [0, 0.05) is 6.08 Å². The minimum atomic E-state index is 0.0752. The van der Waals surface area contributed by atoms with Crippen LogP contribution in [0.25, 0.3) is 5.53 Å². The Hall–Kier alpha value is -1.92. The summed E-state index contributed by atoms with van der Waals surface area (Å²) in [5, 5.41) is 0. The van der Waals surface area contributed by atoms with E-state index in [4.69, 9.17) is 5.53 Å². The van der Waals surface area contributed by atoms with Crippen molar-refractivity contribution in [1.29, 1.82) is 0 Å². The molecule has 0 heterocycles. The third-order valence-corrected chi connectivity index (χ3v) is 2.27. The first kappa shape index (κ1) is 8.67. The summed E-state index contributed by atoms with van der Waals surface area (Å²) in [6.45, 7) is 0. The predicted octanol–water partition coefficient (Wildman–Crippen LogP) is 2.57.